The molecule has 0 spiro atoms. The zero-order valence-corrected chi connectivity index (χ0v) is 6.46. The molecule has 0 unspecified atom stereocenters. The van der Waals surface area contributed by atoms with Crippen molar-refractivity contribution in [3.8, 4) is 48.4 Å². The molecule has 0 heterocycles. The average Bonchev–Trinajstić information content (AvgIpc) is 2.10. The fourth-order valence-electron chi connectivity index (χ4n) is 0.335. The molecule has 0 aromatic rings. The van der Waals surface area contributed by atoms with E-state index in [0.29, 0.717) is 0 Å². The molecule has 0 aromatic heterocycles. The van der Waals surface area contributed by atoms with Crippen LogP contribution in [0.15, 0.2) is 24.3 Å². The molecule has 0 fully saturated rings. The van der Waals surface area contributed by atoms with Crippen LogP contribution in [0.5, 0.6) is 0 Å². The van der Waals surface area contributed by atoms with E-state index in [1.54, 1.807) is 12.2 Å². The number of rotatable bonds is 0. The summed E-state index contributed by atoms with van der Waals surface area (Å²) >= 11 is 0. The zero-order valence-electron chi connectivity index (χ0n) is 6.46. The van der Waals surface area contributed by atoms with E-state index in [0.717, 1.165) is 0 Å². The third-order valence-electron chi connectivity index (χ3n) is 0.733. The van der Waals surface area contributed by atoms with Gasteiger partial charge in [-0.25, -0.2) is 0 Å². The lowest BCUT2D eigenvalue weighted by molar-refractivity contribution is 2.12. The van der Waals surface area contributed by atoms with Crippen LogP contribution in [0, 0.1) is 48.4 Å². The highest BCUT2D eigenvalue weighted by molar-refractivity contribution is 5.36. The van der Waals surface area contributed by atoms with Crippen LogP contribution >= 0.6 is 0 Å². The summed E-state index contributed by atoms with van der Waals surface area (Å²) in [5, 5.41) is 0. The van der Waals surface area contributed by atoms with Crippen molar-refractivity contribution in [2.24, 2.45) is 0 Å². The minimum Gasteiger partial charge on any atom is -0.115 e. The van der Waals surface area contributed by atoms with Crippen LogP contribution in [0.4, 0.5) is 0 Å². The lowest BCUT2D eigenvalue weighted by Crippen LogP contribution is -1.52. The number of hydrogen-bond acceptors (Lipinski definition) is 0. The van der Waals surface area contributed by atoms with E-state index >= 15 is 0 Å². The van der Waals surface area contributed by atoms with Gasteiger partial charge in [0.05, 0.1) is 0 Å². The summed E-state index contributed by atoms with van der Waals surface area (Å²) in [7, 11) is 0. The number of allylic oxidation sites excluding steroid dienone is 4. The van der Waals surface area contributed by atoms with Crippen LogP contribution in [0.25, 0.3) is 0 Å². The standard InChI is InChI=1S/C12H6/c1-3-5-7-9-11-12-10-8-6-4-2/h1-2,5-8H/b7-5-,8-6-. The van der Waals surface area contributed by atoms with Crippen LogP contribution < -0.4 is 0 Å². The predicted molar refractivity (Wildman–Crippen MR) is 51.5 cm³/mol. The van der Waals surface area contributed by atoms with Gasteiger partial charge in [-0.05, 0) is 36.1 Å². The van der Waals surface area contributed by atoms with Gasteiger partial charge in [0.2, 0.25) is 0 Å². The van der Waals surface area contributed by atoms with Gasteiger partial charge in [-0.3, -0.25) is 0 Å². The first-order valence-corrected chi connectivity index (χ1v) is 3.15. The van der Waals surface area contributed by atoms with Crippen molar-refractivity contribution in [3.05, 3.63) is 24.3 Å². The molecule has 12 heavy (non-hydrogen) atoms. The summed E-state index contributed by atoms with van der Waals surface area (Å²) in [4.78, 5) is 0. The largest absolute Gasteiger partial charge is 0.115 e. The molecule has 0 aromatic carbocycles. The van der Waals surface area contributed by atoms with Crippen molar-refractivity contribution in [2.75, 3.05) is 0 Å². The number of hydrogen-bond donors (Lipinski definition) is 0. The monoisotopic (exact) mass is 150 g/mol. The SMILES string of the molecule is C#C/C=C\C#CC#C/C=C\C#C. The summed E-state index contributed by atoms with van der Waals surface area (Å²) in [6, 6.07) is 0. The van der Waals surface area contributed by atoms with Gasteiger partial charge in [-0.1, -0.05) is 23.7 Å². The van der Waals surface area contributed by atoms with Crippen molar-refractivity contribution < 1.29 is 0 Å². The Hall–Kier alpha value is -2.28. The molecule has 0 radical (unpaired) electrons. The molecule has 0 amide bonds. The average molecular weight is 150 g/mol. The van der Waals surface area contributed by atoms with Gasteiger partial charge in [-0.15, -0.1) is 12.8 Å². The van der Waals surface area contributed by atoms with Gasteiger partial charge in [0, 0.05) is 0 Å². The van der Waals surface area contributed by atoms with E-state index in [1.807, 2.05) is 0 Å². The van der Waals surface area contributed by atoms with E-state index in [1.165, 1.54) is 12.2 Å². The quantitative estimate of drug-likeness (QED) is 0.457. The van der Waals surface area contributed by atoms with Crippen molar-refractivity contribution in [2.45, 2.75) is 0 Å². The van der Waals surface area contributed by atoms with Crippen molar-refractivity contribution in [3.63, 3.8) is 0 Å². The summed E-state index contributed by atoms with van der Waals surface area (Å²) in [6.45, 7) is 0. The van der Waals surface area contributed by atoms with Crippen LogP contribution in [0.1, 0.15) is 0 Å². The molecule has 0 aliphatic carbocycles. The first kappa shape index (κ1) is 9.72. The third-order valence-corrected chi connectivity index (χ3v) is 0.733. The molecular formula is C12H6. The van der Waals surface area contributed by atoms with E-state index in [-0.39, 0.29) is 0 Å². The summed E-state index contributed by atoms with van der Waals surface area (Å²) in [6.07, 6.45) is 16.0. The topological polar surface area (TPSA) is 0 Å². The Morgan fingerprint density at radius 1 is 0.667 bits per heavy atom. The molecular weight excluding hydrogens is 144 g/mol. The van der Waals surface area contributed by atoms with E-state index in [4.69, 9.17) is 12.8 Å². The van der Waals surface area contributed by atoms with Crippen molar-refractivity contribution >= 4 is 0 Å². The van der Waals surface area contributed by atoms with E-state index in [9.17, 15) is 0 Å². The Morgan fingerprint density at radius 3 is 1.42 bits per heavy atom. The Bertz CT molecular complexity index is 330. The molecule has 54 valence electrons. The lowest BCUT2D eigenvalue weighted by atomic mass is 10.4. The molecule has 0 saturated carbocycles. The van der Waals surface area contributed by atoms with Crippen molar-refractivity contribution in [1.82, 2.24) is 0 Å². The summed E-state index contributed by atoms with van der Waals surface area (Å²) in [5.74, 6) is 15.0. The normalized spacial score (nSPS) is 7.50. The Morgan fingerprint density at radius 2 is 1.08 bits per heavy atom. The lowest BCUT2D eigenvalue weighted by Gasteiger charge is -1.61. The van der Waals surface area contributed by atoms with Gasteiger partial charge in [0.15, 0.2) is 0 Å². The maximum absolute atomic E-state index is 4.94. The van der Waals surface area contributed by atoms with Crippen molar-refractivity contribution in [1.29, 1.82) is 0 Å². The van der Waals surface area contributed by atoms with Gasteiger partial charge in [0.1, 0.15) is 0 Å². The molecule has 0 heteroatoms. The van der Waals surface area contributed by atoms with E-state index < -0.39 is 0 Å². The first-order valence-electron chi connectivity index (χ1n) is 3.15. The highest BCUT2D eigenvalue weighted by atomic mass is 13.6. The molecule has 0 aliphatic heterocycles. The minimum atomic E-state index is 1.51. The van der Waals surface area contributed by atoms with Crippen LogP contribution in [0.2, 0.25) is 0 Å². The van der Waals surface area contributed by atoms with Crippen LogP contribution in [0.3, 0.4) is 0 Å². The molecule has 0 aliphatic rings. The fourth-order valence-corrected chi connectivity index (χ4v) is 0.335. The number of terminal acetylenes is 2. The van der Waals surface area contributed by atoms with Gasteiger partial charge in [-0.2, -0.15) is 0 Å². The molecule has 0 rings (SSSR count). The van der Waals surface area contributed by atoms with E-state index in [2.05, 4.69) is 35.5 Å². The molecule has 0 N–H and O–H groups in total. The highest BCUT2D eigenvalue weighted by Crippen LogP contribution is 1.66. The molecule has 0 nitrogen and oxygen atoms in total. The zero-order chi connectivity index (χ0) is 9.07. The third kappa shape index (κ3) is 7.72. The maximum Gasteiger partial charge on any atom is -0.00250 e. The second-order valence-corrected chi connectivity index (χ2v) is 1.54. The first-order chi connectivity index (χ1) is 5.91. The predicted octanol–water partition coefficient (Wildman–Crippen LogP) is 1.37. The Balaban J connectivity index is 3.94. The van der Waals surface area contributed by atoms with Crippen LogP contribution in [-0.2, 0) is 0 Å². The van der Waals surface area contributed by atoms with Gasteiger partial charge in [0.25, 0.3) is 0 Å². The second kappa shape index (κ2) is 8.72. The van der Waals surface area contributed by atoms with Crippen LogP contribution in [-0.4, -0.2) is 0 Å². The van der Waals surface area contributed by atoms with Gasteiger partial charge < -0.3 is 0 Å². The molecule has 0 atom stereocenters. The smallest absolute Gasteiger partial charge is 0.00250 e. The maximum atomic E-state index is 4.94. The minimum absolute atomic E-state index is 1.51. The molecule has 0 bridgehead atoms. The second-order valence-electron chi connectivity index (χ2n) is 1.54. The summed E-state index contributed by atoms with van der Waals surface area (Å²) < 4.78 is 0. The van der Waals surface area contributed by atoms with Gasteiger partial charge >= 0.3 is 0 Å². The molecule has 0 saturated heterocycles. The fraction of sp³-hybridized carbons (Fsp3) is 0. The Labute approximate surface area is 73.4 Å². The Kier molecular flexibility index (Phi) is 7.06. The summed E-state index contributed by atoms with van der Waals surface area (Å²) in [5.41, 5.74) is 0. The highest BCUT2D eigenvalue weighted by Gasteiger charge is 1.56.